The first kappa shape index (κ1) is 21.8. The molecule has 1 unspecified atom stereocenters. The molecule has 2 aliphatic rings. The van der Waals surface area contributed by atoms with E-state index in [-0.39, 0.29) is 17.6 Å². The number of benzene rings is 1. The minimum atomic E-state index is -0.659. The number of hydrogen-bond donors (Lipinski definition) is 0. The van der Waals surface area contributed by atoms with Gasteiger partial charge in [0.05, 0.1) is 17.8 Å². The van der Waals surface area contributed by atoms with Gasteiger partial charge in [-0.1, -0.05) is 5.16 Å². The Morgan fingerprint density at radius 3 is 2.48 bits per heavy atom. The lowest BCUT2D eigenvalue weighted by Gasteiger charge is -2.20. The number of ether oxygens (including phenoxy) is 2. The molecule has 0 N–H and O–H groups in total. The molecule has 0 spiro atoms. The molecule has 1 saturated heterocycles. The molecule has 3 aromatic rings. The normalized spacial score (nSPS) is 18.8. The Morgan fingerprint density at radius 2 is 1.91 bits per heavy atom. The first-order valence-corrected chi connectivity index (χ1v) is 11.5. The first-order chi connectivity index (χ1) is 15.6. The fourth-order valence-electron chi connectivity index (χ4n) is 4.50. The monoisotopic (exact) mass is 451 g/mol. The van der Waals surface area contributed by atoms with E-state index in [4.69, 9.17) is 19.0 Å². The summed E-state index contributed by atoms with van der Waals surface area (Å²) in [7, 11) is 0. The number of Topliss-reactive ketones (excluding diaryl/α,β-unsaturated/α-hetero) is 1. The first-order valence-electron chi connectivity index (χ1n) is 11.5. The zero-order valence-electron chi connectivity index (χ0n) is 19.7. The molecule has 8 heteroatoms. The molecule has 5 rings (SSSR count). The van der Waals surface area contributed by atoms with Crippen LogP contribution in [0.1, 0.15) is 73.6 Å². The predicted octanol–water partition coefficient (Wildman–Crippen LogP) is 5.19. The van der Waals surface area contributed by atoms with Gasteiger partial charge in [0.1, 0.15) is 22.7 Å². The third-order valence-electron chi connectivity index (χ3n) is 6.19. The van der Waals surface area contributed by atoms with E-state index in [2.05, 4.69) is 5.16 Å². The van der Waals surface area contributed by atoms with Crippen molar-refractivity contribution >= 4 is 22.9 Å². The lowest BCUT2D eigenvalue weighted by molar-refractivity contribution is 0.0538. The third kappa shape index (κ3) is 3.97. The summed E-state index contributed by atoms with van der Waals surface area (Å²) in [5, 5.41) is 4.08. The standard InChI is InChI=1S/C25H29N3O5/c1-13-20(14(2)33-27-13)17-10-18(22(29)16-8-9-31-12-16)21-19(11-17)28(23(26-21)15-6-7-15)24(30)32-25(3,4)5/h10-11,15-16H,6-9,12H2,1-5H3. The maximum atomic E-state index is 13.6. The van der Waals surface area contributed by atoms with Crippen LogP contribution < -0.4 is 0 Å². The topological polar surface area (TPSA) is 96.5 Å². The highest BCUT2D eigenvalue weighted by Gasteiger charge is 2.36. The van der Waals surface area contributed by atoms with Crippen LogP contribution in [0.2, 0.25) is 0 Å². The molecule has 174 valence electrons. The van der Waals surface area contributed by atoms with Gasteiger partial charge in [-0.15, -0.1) is 0 Å². The van der Waals surface area contributed by atoms with Crippen molar-refractivity contribution in [3.63, 3.8) is 0 Å². The minimum Gasteiger partial charge on any atom is -0.443 e. The Balaban J connectivity index is 1.77. The maximum Gasteiger partial charge on any atom is 0.420 e. The molecular weight excluding hydrogens is 422 g/mol. The quantitative estimate of drug-likeness (QED) is 0.504. The fourth-order valence-corrected chi connectivity index (χ4v) is 4.50. The summed E-state index contributed by atoms with van der Waals surface area (Å²) in [5.41, 5.74) is 3.27. The fraction of sp³-hybridized carbons (Fsp3) is 0.520. The second kappa shape index (κ2) is 7.80. The molecule has 2 fully saturated rings. The number of nitrogens with zero attached hydrogens (tertiary/aromatic N) is 3. The van der Waals surface area contributed by atoms with Gasteiger partial charge in [-0.2, -0.15) is 0 Å². The highest BCUT2D eigenvalue weighted by Crippen LogP contribution is 2.42. The van der Waals surface area contributed by atoms with E-state index < -0.39 is 11.7 Å². The van der Waals surface area contributed by atoms with Crippen LogP contribution in [0.4, 0.5) is 4.79 Å². The van der Waals surface area contributed by atoms with Crippen molar-refractivity contribution < 1.29 is 23.6 Å². The number of imidazole rings is 1. The minimum absolute atomic E-state index is 0.0118. The molecular formula is C25H29N3O5. The molecule has 1 atom stereocenters. The van der Waals surface area contributed by atoms with Gasteiger partial charge in [0.25, 0.3) is 0 Å². The van der Waals surface area contributed by atoms with Gasteiger partial charge in [0, 0.05) is 29.6 Å². The Morgan fingerprint density at radius 1 is 1.15 bits per heavy atom. The number of hydrogen-bond acceptors (Lipinski definition) is 7. The van der Waals surface area contributed by atoms with Crippen molar-refractivity contribution in [1.29, 1.82) is 0 Å². The predicted molar refractivity (Wildman–Crippen MR) is 122 cm³/mol. The summed E-state index contributed by atoms with van der Waals surface area (Å²) in [6, 6.07) is 3.76. The molecule has 1 aromatic carbocycles. The molecule has 33 heavy (non-hydrogen) atoms. The van der Waals surface area contributed by atoms with Gasteiger partial charge in [0.2, 0.25) is 0 Å². The summed E-state index contributed by atoms with van der Waals surface area (Å²) in [4.78, 5) is 31.7. The van der Waals surface area contributed by atoms with Gasteiger partial charge in [0.15, 0.2) is 5.78 Å². The van der Waals surface area contributed by atoms with Crippen LogP contribution in [0.5, 0.6) is 0 Å². The van der Waals surface area contributed by atoms with Crippen LogP contribution in [0, 0.1) is 19.8 Å². The molecule has 0 radical (unpaired) electrons. The Bertz CT molecular complexity index is 1230. The van der Waals surface area contributed by atoms with Crippen LogP contribution in [-0.2, 0) is 9.47 Å². The molecule has 2 aromatic heterocycles. The van der Waals surface area contributed by atoms with E-state index in [9.17, 15) is 9.59 Å². The molecule has 3 heterocycles. The Kier molecular flexibility index (Phi) is 5.16. The van der Waals surface area contributed by atoms with Gasteiger partial charge in [-0.3, -0.25) is 4.79 Å². The van der Waals surface area contributed by atoms with E-state index in [0.29, 0.717) is 47.8 Å². The van der Waals surface area contributed by atoms with Gasteiger partial charge in [-0.05, 0) is 71.6 Å². The number of carbonyl (C=O) groups excluding carboxylic acids is 2. The second-order valence-corrected chi connectivity index (χ2v) is 10.1. The van der Waals surface area contributed by atoms with Crippen molar-refractivity contribution in [1.82, 2.24) is 14.7 Å². The lowest BCUT2D eigenvalue weighted by Crippen LogP contribution is -2.28. The zero-order chi connectivity index (χ0) is 23.5. The van der Waals surface area contributed by atoms with E-state index in [1.807, 2.05) is 46.8 Å². The Labute approximate surface area is 192 Å². The summed E-state index contributed by atoms with van der Waals surface area (Å²) < 4.78 is 18.2. The maximum absolute atomic E-state index is 13.6. The molecule has 1 saturated carbocycles. The highest BCUT2D eigenvalue weighted by atomic mass is 16.6. The smallest absolute Gasteiger partial charge is 0.420 e. The van der Waals surface area contributed by atoms with Gasteiger partial charge < -0.3 is 14.0 Å². The van der Waals surface area contributed by atoms with Crippen LogP contribution in [0.3, 0.4) is 0 Å². The number of aromatic nitrogens is 3. The van der Waals surface area contributed by atoms with Crippen molar-refractivity contribution in [2.75, 3.05) is 13.2 Å². The van der Waals surface area contributed by atoms with Crippen molar-refractivity contribution in [3.05, 3.63) is 35.0 Å². The zero-order valence-corrected chi connectivity index (χ0v) is 19.7. The average Bonchev–Trinajstić information content (AvgIpc) is 3.15. The summed E-state index contributed by atoms with van der Waals surface area (Å²) in [6.07, 6.45) is 2.12. The summed E-state index contributed by atoms with van der Waals surface area (Å²) in [5.74, 6) is 1.27. The number of carbonyl (C=O) groups is 2. The summed E-state index contributed by atoms with van der Waals surface area (Å²) >= 11 is 0. The largest absolute Gasteiger partial charge is 0.443 e. The van der Waals surface area contributed by atoms with Gasteiger partial charge in [-0.25, -0.2) is 14.3 Å². The number of aryl methyl sites for hydroxylation is 2. The van der Waals surface area contributed by atoms with Crippen molar-refractivity contribution in [2.45, 2.75) is 65.4 Å². The molecule has 1 aliphatic heterocycles. The van der Waals surface area contributed by atoms with E-state index >= 15 is 0 Å². The van der Waals surface area contributed by atoms with Crippen LogP contribution in [0.25, 0.3) is 22.2 Å². The number of fused-ring (bicyclic) bond motifs is 1. The molecule has 8 nitrogen and oxygen atoms in total. The lowest BCUT2D eigenvalue weighted by atomic mass is 9.92. The van der Waals surface area contributed by atoms with Crippen LogP contribution in [-0.4, -0.2) is 45.4 Å². The summed E-state index contributed by atoms with van der Waals surface area (Å²) in [6.45, 7) is 10.2. The van der Waals surface area contributed by atoms with E-state index in [0.717, 1.165) is 29.7 Å². The van der Waals surface area contributed by atoms with E-state index in [1.165, 1.54) is 0 Å². The molecule has 0 amide bonds. The number of rotatable bonds is 4. The van der Waals surface area contributed by atoms with Crippen molar-refractivity contribution in [2.24, 2.45) is 5.92 Å². The highest BCUT2D eigenvalue weighted by molar-refractivity contribution is 6.10. The van der Waals surface area contributed by atoms with Crippen LogP contribution in [0.15, 0.2) is 16.7 Å². The second-order valence-electron chi connectivity index (χ2n) is 10.1. The number of ketones is 1. The molecule has 0 bridgehead atoms. The van der Waals surface area contributed by atoms with Gasteiger partial charge >= 0.3 is 6.09 Å². The van der Waals surface area contributed by atoms with E-state index in [1.54, 1.807) is 4.57 Å². The Hall–Kier alpha value is -3.00. The average molecular weight is 452 g/mol. The molecule has 1 aliphatic carbocycles. The third-order valence-corrected chi connectivity index (χ3v) is 6.19. The van der Waals surface area contributed by atoms with Crippen molar-refractivity contribution in [3.8, 4) is 11.1 Å². The SMILES string of the molecule is Cc1noc(C)c1-c1cc(C(=O)C2CCOC2)c2nc(C3CC3)n(C(=O)OC(C)(C)C)c2c1. The van der Waals surface area contributed by atoms with Crippen LogP contribution >= 0.6 is 0 Å².